The molecule has 1 fully saturated rings. The van der Waals surface area contributed by atoms with Crippen LogP contribution in [0.4, 0.5) is 33.7 Å². The van der Waals surface area contributed by atoms with E-state index in [1.165, 1.54) is 11.5 Å². The van der Waals surface area contributed by atoms with Crippen LogP contribution in [0.1, 0.15) is 44.8 Å². The first kappa shape index (κ1) is 31.2. The summed E-state index contributed by atoms with van der Waals surface area (Å²) in [7, 11) is 0. The highest BCUT2D eigenvalue weighted by molar-refractivity contribution is 9.10. The van der Waals surface area contributed by atoms with Crippen molar-refractivity contribution in [1.29, 1.82) is 0 Å². The van der Waals surface area contributed by atoms with E-state index in [2.05, 4.69) is 36.3 Å². The fraction of sp³-hybridized carbons (Fsp3) is 0.520. The number of anilines is 2. The minimum Gasteiger partial charge on any atom is -0.444 e. The second kappa shape index (κ2) is 11.5. The molecular weight excluding hydrogens is 632 g/mol. The number of aryl methyl sites for hydroxylation is 1. The van der Waals surface area contributed by atoms with Gasteiger partial charge in [-0.2, -0.15) is 22.7 Å². The molecule has 4 heterocycles. The Hall–Kier alpha value is -3.76. The first-order valence-electron chi connectivity index (χ1n) is 12.9. The Morgan fingerprint density at radius 2 is 1.76 bits per heavy atom. The molecule has 3 aromatic rings. The topological polar surface area (TPSA) is 127 Å². The summed E-state index contributed by atoms with van der Waals surface area (Å²) < 4.78 is 61.3. The maximum absolute atomic E-state index is 14.2. The minimum absolute atomic E-state index is 0.0449. The Morgan fingerprint density at radius 3 is 2.33 bits per heavy atom. The molecule has 228 valence electrons. The lowest BCUT2D eigenvalue weighted by Gasteiger charge is -2.37. The third kappa shape index (κ3) is 6.50. The molecule has 4 rings (SSSR count). The van der Waals surface area contributed by atoms with E-state index in [-0.39, 0.29) is 40.7 Å². The van der Waals surface area contributed by atoms with Crippen LogP contribution in [0.5, 0.6) is 0 Å². The summed E-state index contributed by atoms with van der Waals surface area (Å²) in [6.07, 6.45) is -5.17. The molecule has 17 heteroatoms. The number of nitrogens with zero attached hydrogens (tertiary/aromatic N) is 7. The number of aromatic nitrogens is 5. The summed E-state index contributed by atoms with van der Waals surface area (Å²) in [4.78, 5) is 50.1. The molecule has 0 saturated carbocycles. The van der Waals surface area contributed by atoms with Crippen molar-refractivity contribution in [2.45, 2.75) is 59.4 Å². The van der Waals surface area contributed by atoms with Crippen LogP contribution in [0, 0.1) is 12.7 Å². The van der Waals surface area contributed by atoms with Crippen molar-refractivity contribution < 1.29 is 31.9 Å². The maximum Gasteiger partial charge on any atom is 0.436 e. The Balaban J connectivity index is 1.66. The largest absolute Gasteiger partial charge is 0.444 e. The number of hydrogen-bond acceptors (Lipinski definition) is 8. The standard InChI is InChI=1S/C25H29BrF4N8O4/c1-6-16-18(35-7-9-36(10-8-35)23(41)42-24(3,4)5)20(40)38-22(33-21(26)34-38)37(16)12-17(39)32-15-11-14(27)19(25(28,29)30)31-13(15)2/h11H,6-10,12H2,1-5H3,(H,32,39). The van der Waals surface area contributed by atoms with Crippen molar-refractivity contribution >= 4 is 45.1 Å². The Kier molecular flexibility index (Phi) is 8.53. The predicted octanol–water partition coefficient (Wildman–Crippen LogP) is 3.77. The molecule has 1 aliphatic heterocycles. The van der Waals surface area contributed by atoms with Gasteiger partial charge in [0.1, 0.15) is 17.8 Å². The molecule has 0 aliphatic carbocycles. The lowest BCUT2D eigenvalue weighted by atomic mass is 10.2. The first-order chi connectivity index (χ1) is 19.5. The molecular formula is C25H29BrF4N8O4. The highest BCUT2D eigenvalue weighted by Gasteiger charge is 2.37. The van der Waals surface area contributed by atoms with Crippen LogP contribution in [0.2, 0.25) is 0 Å². The van der Waals surface area contributed by atoms with Gasteiger partial charge in [-0.05, 0) is 50.0 Å². The monoisotopic (exact) mass is 660 g/mol. The highest BCUT2D eigenvalue weighted by Crippen LogP contribution is 2.32. The fourth-order valence-electron chi connectivity index (χ4n) is 4.58. The van der Waals surface area contributed by atoms with Gasteiger partial charge in [0.25, 0.3) is 5.56 Å². The average molecular weight is 661 g/mol. The van der Waals surface area contributed by atoms with Gasteiger partial charge in [0.2, 0.25) is 16.4 Å². The van der Waals surface area contributed by atoms with Crippen molar-refractivity contribution in [3.63, 3.8) is 0 Å². The molecule has 0 aromatic carbocycles. The van der Waals surface area contributed by atoms with E-state index in [1.54, 1.807) is 37.5 Å². The molecule has 0 atom stereocenters. The van der Waals surface area contributed by atoms with Crippen LogP contribution in [0.3, 0.4) is 0 Å². The molecule has 0 bridgehead atoms. The minimum atomic E-state index is -5.00. The number of carbonyl (C=O) groups excluding carboxylic acids is 2. The van der Waals surface area contributed by atoms with Gasteiger partial charge in [0.15, 0.2) is 11.5 Å². The molecule has 0 unspecified atom stereocenters. The Morgan fingerprint density at radius 1 is 1.12 bits per heavy atom. The van der Waals surface area contributed by atoms with Gasteiger partial charge in [-0.1, -0.05) is 6.92 Å². The van der Waals surface area contributed by atoms with Gasteiger partial charge in [0.05, 0.1) is 17.1 Å². The van der Waals surface area contributed by atoms with E-state index in [9.17, 15) is 31.9 Å². The third-order valence-electron chi connectivity index (χ3n) is 6.39. The van der Waals surface area contributed by atoms with Gasteiger partial charge in [-0.15, -0.1) is 5.10 Å². The molecule has 1 N–H and O–H groups in total. The molecule has 0 spiro atoms. The number of rotatable bonds is 5. The Labute approximate surface area is 245 Å². The number of pyridine rings is 1. The number of alkyl halides is 3. The fourth-order valence-corrected chi connectivity index (χ4v) is 4.90. The molecule has 1 saturated heterocycles. The van der Waals surface area contributed by atoms with Gasteiger partial charge in [-0.25, -0.2) is 14.2 Å². The van der Waals surface area contributed by atoms with Crippen molar-refractivity contribution in [1.82, 2.24) is 29.0 Å². The van der Waals surface area contributed by atoms with E-state index >= 15 is 0 Å². The lowest BCUT2D eigenvalue weighted by molar-refractivity contribution is -0.143. The van der Waals surface area contributed by atoms with Gasteiger partial charge < -0.3 is 24.4 Å². The lowest BCUT2D eigenvalue weighted by Crippen LogP contribution is -2.51. The van der Waals surface area contributed by atoms with E-state index in [4.69, 9.17) is 4.74 Å². The van der Waals surface area contributed by atoms with Gasteiger partial charge in [0, 0.05) is 32.2 Å². The zero-order valence-corrected chi connectivity index (χ0v) is 25.1. The summed E-state index contributed by atoms with van der Waals surface area (Å²) in [6.45, 7) is 9.03. The van der Waals surface area contributed by atoms with Crippen molar-refractivity contribution in [2.75, 3.05) is 36.4 Å². The first-order valence-corrected chi connectivity index (χ1v) is 13.7. The second-order valence-electron chi connectivity index (χ2n) is 10.6. The third-order valence-corrected chi connectivity index (χ3v) is 6.73. The van der Waals surface area contributed by atoms with Crippen LogP contribution in [-0.4, -0.2) is 72.8 Å². The van der Waals surface area contributed by atoms with E-state index in [1.807, 2.05) is 0 Å². The average Bonchev–Trinajstić information content (AvgIpc) is 3.27. The predicted molar refractivity (Wildman–Crippen MR) is 147 cm³/mol. The van der Waals surface area contributed by atoms with E-state index in [0.29, 0.717) is 31.3 Å². The van der Waals surface area contributed by atoms with Gasteiger partial charge in [-0.3, -0.25) is 9.59 Å². The number of nitrogens with one attached hydrogen (secondary N) is 1. The van der Waals surface area contributed by atoms with Crippen molar-refractivity contribution in [3.05, 3.63) is 44.1 Å². The summed E-state index contributed by atoms with van der Waals surface area (Å²) in [5.41, 5.74) is -2.58. The van der Waals surface area contributed by atoms with Crippen LogP contribution in [0.25, 0.3) is 5.78 Å². The molecule has 3 aromatic heterocycles. The molecule has 0 radical (unpaired) electrons. The summed E-state index contributed by atoms with van der Waals surface area (Å²) in [5, 5.41) is 6.52. The second-order valence-corrected chi connectivity index (χ2v) is 11.3. The smallest absolute Gasteiger partial charge is 0.436 e. The molecule has 1 aliphatic rings. The van der Waals surface area contributed by atoms with Gasteiger partial charge >= 0.3 is 12.3 Å². The zero-order valence-electron chi connectivity index (χ0n) is 23.5. The summed E-state index contributed by atoms with van der Waals surface area (Å²) >= 11 is 3.16. The number of halogens is 5. The van der Waals surface area contributed by atoms with Crippen LogP contribution in [-0.2, 0) is 28.7 Å². The van der Waals surface area contributed by atoms with Crippen LogP contribution in [0.15, 0.2) is 15.6 Å². The summed E-state index contributed by atoms with van der Waals surface area (Å²) in [5.74, 6) is -2.31. The number of carbonyl (C=O) groups is 2. The van der Waals surface area contributed by atoms with Crippen LogP contribution < -0.4 is 15.8 Å². The zero-order chi connectivity index (χ0) is 31.1. The molecule has 12 nitrogen and oxygen atoms in total. The van der Waals surface area contributed by atoms with Crippen molar-refractivity contribution in [2.24, 2.45) is 0 Å². The SMILES string of the molecule is CCc1c(N2CCN(C(=O)OC(C)(C)C)CC2)c(=O)n2nc(Br)nc2n1CC(=O)Nc1cc(F)c(C(F)(F)F)nc1C. The highest BCUT2D eigenvalue weighted by atomic mass is 79.9. The number of fused-ring (bicyclic) bond motifs is 1. The number of amides is 2. The Bertz CT molecular complexity index is 1590. The van der Waals surface area contributed by atoms with Crippen molar-refractivity contribution in [3.8, 4) is 0 Å². The maximum atomic E-state index is 14.2. The number of hydrogen-bond donors (Lipinski definition) is 1. The summed E-state index contributed by atoms with van der Waals surface area (Å²) in [6, 6.07) is 0.564. The molecule has 42 heavy (non-hydrogen) atoms. The van der Waals surface area contributed by atoms with Crippen LogP contribution >= 0.6 is 15.9 Å². The number of ether oxygens (including phenoxy) is 1. The van der Waals surface area contributed by atoms with E-state index < -0.39 is 47.4 Å². The quantitative estimate of drug-likeness (QED) is 0.410. The van der Waals surface area contributed by atoms with E-state index in [0.717, 1.165) is 4.52 Å². The normalized spacial score (nSPS) is 14.4. The molecule has 2 amide bonds. The number of piperazine rings is 1.